The lowest BCUT2D eigenvalue weighted by atomic mass is 10.1. The Morgan fingerprint density at radius 1 is 1.53 bits per heavy atom. The fourth-order valence-electron chi connectivity index (χ4n) is 1.57. The number of carbonyl (C=O) groups is 1. The molecule has 0 aliphatic carbocycles. The summed E-state index contributed by atoms with van der Waals surface area (Å²) < 4.78 is 5.14. The maximum absolute atomic E-state index is 11.6. The van der Waals surface area contributed by atoms with Gasteiger partial charge in [0.25, 0.3) is 0 Å². The highest BCUT2D eigenvalue weighted by molar-refractivity contribution is 6.30. The highest BCUT2D eigenvalue weighted by Gasteiger charge is 2.19. The summed E-state index contributed by atoms with van der Waals surface area (Å²) in [5.74, 6) is -0.137. The molecular weight excluding hydrogens is 238 g/mol. The van der Waals surface area contributed by atoms with E-state index in [1.807, 2.05) is 12.1 Å². The molecule has 1 rings (SSSR count). The van der Waals surface area contributed by atoms with E-state index in [0.29, 0.717) is 11.6 Å². The summed E-state index contributed by atoms with van der Waals surface area (Å²) in [6.45, 7) is 3.91. The van der Waals surface area contributed by atoms with Crippen LogP contribution in [-0.2, 0) is 9.53 Å². The van der Waals surface area contributed by atoms with Crippen LogP contribution in [0.5, 0.6) is 0 Å². The molecule has 0 saturated heterocycles. The van der Waals surface area contributed by atoms with Crippen LogP contribution in [0.4, 0.5) is 0 Å². The van der Waals surface area contributed by atoms with Gasteiger partial charge in [0.2, 0.25) is 5.91 Å². The predicted octanol–water partition coefficient (Wildman–Crippen LogP) is 2.67. The second-order valence-electron chi connectivity index (χ2n) is 3.68. The third kappa shape index (κ3) is 3.58. The van der Waals surface area contributed by atoms with Crippen molar-refractivity contribution in [2.75, 3.05) is 20.8 Å². The van der Waals surface area contributed by atoms with Gasteiger partial charge in [-0.1, -0.05) is 30.3 Å². The Kier molecular flexibility index (Phi) is 5.19. The van der Waals surface area contributed by atoms with Gasteiger partial charge in [0.05, 0.1) is 12.6 Å². The van der Waals surface area contributed by atoms with Crippen molar-refractivity contribution >= 4 is 17.5 Å². The number of hydrogen-bond acceptors (Lipinski definition) is 2. The maximum Gasteiger partial charge on any atom is 0.246 e. The van der Waals surface area contributed by atoms with Crippen molar-refractivity contribution in [3.05, 3.63) is 47.5 Å². The Morgan fingerprint density at radius 3 is 2.59 bits per heavy atom. The minimum absolute atomic E-state index is 0.136. The second kappa shape index (κ2) is 6.42. The Hall–Kier alpha value is -1.32. The zero-order valence-corrected chi connectivity index (χ0v) is 10.8. The Bertz CT molecular complexity index is 389. The van der Waals surface area contributed by atoms with Gasteiger partial charge >= 0.3 is 0 Å². The summed E-state index contributed by atoms with van der Waals surface area (Å²) in [7, 11) is 3.33. The van der Waals surface area contributed by atoms with Crippen molar-refractivity contribution < 1.29 is 9.53 Å². The van der Waals surface area contributed by atoms with Crippen LogP contribution in [0.3, 0.4) is 0 Å². The molecule has 92 valence electrons. The summed E-state index contributed by atoms with van der Waals surface area (Å²) in [6, 6.07) is 7.23. The predicted molar refractivity (Wildman–Crippen MR) is 69.0 cm³/mol. The molecule has 3 nitrogen and oxygen atoms in total. The van der Waals surface area contributed by atoms with Crippen LogP contribution in [0.1, 0.15) is 11.6 Å². The largest absolute Gasteiger partial charge is 0.382 e. The lowest BCUT2D eigenvalue weighted by molar-refractivity contribution is -0.127. The Labute approximate surface area is 107 Å². The average molecular weight is 254 g/mol. The van der Waals surface area contributed by atoms with Gasteiger partial charge in [-0.3, -0.25) is 4.79 Å². The normalized spacial score (nSPS) is 11.9. The van der Waals surface area contributed by atoms with Crippen LogP contribution in [0.25, 0.3) is 0 Å². The van der Waals surface area contributed by atoms with Gasteiger partial charge in [0.15, 0.2) is 0 Å². The molecule has 0 saturated carbocycles. The van der Waals surface area contributed by atoms with Gasteiger partial charge in [0.1, 0.15) is 0 Å². The fourth-order valence-corrected chi connectivity index (χ4v) is 1.70. The maximum atomic E-state index is 11.6. The highest BCUT2D eigenvalue weighted by atomic mass is 35.5. The number of ether oxygens (including phenoxy) is 1. The van der Waals surface area contributed by atoms with Crippen molar-refractivity contribution in [2.24, 2.45) is 0 Å². The van der Waals surface area contributed by atoms with Gasteiger partial charge < -0.3 is 9.64 Å². The molecule has 0 aliphatic heterocycles. The van der Waals surface area contributed by atoms with E-state index in [1.165, 1.54) is 6.08 Å². The molecule has 17 heavy (non-hydrogen) atoms. The number of methoxy groups -OCH3 is 1. The molecule has 1 aromatic rings. The number of carbonyl (C=O) groups excluding carboxylic acids is 1. The number of rotatable bonds is 5. The minimum atomic E-state index is -0.137. The molecule has 1 amide bonds. The lowest BCUT2D eigenvalue weighted by Crippen LogP contribution is -2.32. The summed E-state index contributed by atoms with van der Waals surface area (Å²) in [5, 5.41) is 0.669. The van der Waals surface area contributed by atoms with Crippen molar-refractivity contribution in [1.29, 1.82) is 0 Å². The van der Waals surface area contributed by atoms with Crippen molar-refractivity contribution in [1.82, 2.24) is 4.90 Å². The monoisotopic (exact) mass is 253 g/mol. The first-order valence-corrected chi connectivity index (χ1v) is 5.61. The van der Waals surface area contributed by atoms with E-state index in [0.717, 1.165) is 5.56 Å². The Balaban J connectivity index is 2.95. The van der Waals surface area contributed by atoms with Gasteiger partial charge in [0, 0.05) is 19.2 Å². The van der Waals surface area contributed by atoms with Crippen LogP contribution >= 0.6 is 11.6 Å². The highest BCUT2D eigenvalue weighted by Crippen LogP contribution is 2.22. The smallest absolute Gasteiger partial charge is 0.246 e. The summed E-state index contributed by atoms with van der Waals surface area (Å²) in [6.07, 6.45) is 1.29. The molecule has 0 heterocycles. The summed E-state index contributed by atoms with van der Waals surface area (Å²) in [5.41, 5.74) is 0.981. The first-order valence-electron chi connectivity index (χ1n) is 5.23. The van der Waals surface area contributed by atoms with Crippen LogP contribution in [-0.4, -0.2) is 31.6 Å². The SMILES string of the molecule is C=CC(=O)N(C)C(COC)c1ccc(Cl)cc1. The van der Waals surface area contributed by atoms with Crippen molar-refractivity contribution in [2.45, 2.75) is 6.04 Å². The first kappa shape index (κ1) is 13.7. The average Bonchev–Trinajstić information content (AvgIpc) is 2.35. The van der Waals surface area contributed by atoms with E-state index in [-0.39, 0.29) is 11.9 Å². The van der Waals surface area contributed by atoms with Gasteiger partial charge in [-0.2, -0.15) is 0 Å². The molecule has 0 bridgehead atoms. The summed E-state index contributed by atoms with van der Waals surface area (Å²) in [4.78, 5) is 13.2. The summed E-state index contributed by atoms with van der Waals surface area (Å²) >= 11 is 5.83. The third-order valence-corrected chi connectivity index (χ3v) is 2.82. The van der Waals surface area contributed by atoms with Gasteiger partial charge in [-0.05, 0) is 23.8 Å². The number of amides is 1. The topological polar surface area (TPSA) is 29.5 Å². The molecule has 0 N–H and O–H groups in total. The molecule has 0 radical (unpaired) electrons. The van der Waals surface area contributed by atoms with E-state index >= 15 is 0 Å². The molecule has 1 aromatic carbocycles. The van der Waals surface area contributed by atoms with E-state index in [1.54, 1.807) is 31.2 Å². The first-order chi connectivity index (χ1) is 8.10. The standard InChI is InChI=1S/C13H16ClNO2/c1-4-13(16)15(2)12(9-17-3)10-5-7-11(14)8-6-10/h4-8,12H,1,9H2,2-3H3. The zero-order chi connectivity index (χ0) is 12.8. The molecule has 1 unspecified atom stereocenters. The zero-order valence-electron chi connectivity index (χ0n) is 10.0. The van der Waals surface area contributed by atoms with Crippen molar-refractivity contribution in [3.8, 4) is 0 Å². The second-order valence-corrected chi connectivity index (χ2v) is 4.11. The molecule has 0 spiro atoms. The minimum Gasteiger partial charge on any atom is -0.382 e. The van der Waals surface area contributed by atoms with Gasteiger partial charge in [-0.15, -0.1) is 0 Å². The molecule has 0 aromatic heterocycles. The number of nitrogens with zero attached hydrogens (tertiary/aromatic N) is 1. The molecule has 0 aliphatic rings. The van der Waals surface area contributed by atoms with Crippen LogP contribution in [0.2, 0.25) is 5.02 Å². The molecule has 4 heteroatoms. The van der Waals surface area contributed by atoms with Crippen LogP contribution < -0.4 is 0 Å². The van der Waals surface area contributed by atoms with E-state index in [9.17, 15) is 4.79 Å². The number of halogens is 1. The third-order valence-electron chi connectivity index (χ3n) is 2.57. The number of benzene rings is 1. The van der Waals surface area contributed by atoms with E-state index in [2.05, 4.69) is 6.58 Å². The van der Waals surface area contributed by atoms with Crippen molar-refractivity contribution in [3.63, 3.8) is 0 Å². The number of hydrogen-bond donors (Lipinski definition) is 0. The molecule has 0 fully saturated rings. The molecular formula is C13H16ClNO2. The van der Waals surface area contributed by atoms with E-state index in [4.69, 9.17) is 16.3 Å². The quantitative estimate of drug-likeness (QED) is 0.755. The number of likely N-dealkylation sites (N-methyl/N-ethyl adjacent to an activating group) is 1. The Morgan fingerprint density at radius 2 is 2.12 bits per heavy atom. The molecule has 1 atom stereocenters. The lowest BCUT2D eigenvalue weighted by Gasteiger charge is -2.27. The van der Waals surface area contributed by atoms with Gasteiger partial charge in [-0.25, -0.2) is 0 Å². The van der Waals surface area contributed by atoms with E-state index < -0.39 is 0 Å². The van der Waals surface area contributed by atoms with Crippen LogP contribution in [0, 0.1) is 0 Å². The fraction of sp³-hybridized carbons (Fsp3) is 0.308. The van der Waals surface area contributed by atoms with Crippen LogP contribution in [0.15, 0.2) is 36.9 Å².